The average Bonchev–Trinajstić information content (AvgIpc) is 3.11. The molecule has 148 valence electrons. The van der Waals surface area contributed by atoms with Crippen LogP contribution < -0.4 is 16.0 Å². The van der Waals surface area contributed by atoms with Gasteiger partial charge in [0.25, 0.3) is 5.91 Å². The maximum absolute atomic E-state index is 11.9. The Bertz CT molecular complexity index is 1160. The molecule has 1 aliphatic heterocycles. The van der Waals surface area contributed by atoms with Gasteiger partial charge in [-0.15, -0.1) is 0 Å². The first kappa shape index (κ1) is 17.3. The standard InChI is InChI=1S/C18H19N9O2/c1-26-5-4-19-13(26)9-20-17-24-15-11(6-10-7-14(28)23-16(10)29)8-21-27(15)18(25-17)22-12-2-3-12/h4-6,8,12H,2-3,7,9H2,1H3,(H,23,28,29)(H2,20,22,24,25)/b10-6+. The molecule has 4 heterocycles. The number of aryl methyl sites for hydroxylation is 1. The Morgan fingerprint density at radius 2 is 2.17 bits per heavy atom. The van der Waals surface area contributed by atoms with Crippen molar-refractivity contribution in [3.63, 3.8) is 0 Å². The van der Waals surface area contributed by atoms with Crippen molar-refractivity contribution in [1.82, 2.24) is 34.4 Å². The minimum Gasteiger partial charge on any atom is -0.351 e. The SMILES string of the molecule is Cn1ccnc1CNc1nc(NC2CC2)n2ncc(/C=C3\CC(=O)NC3=O)c2n1. The zero-order chi connectivity index (χ0) is 20.0. The molecule has 3 N–H and O–H groups in total. The highest BCUT2D eigenvalue weighted by molar-refractivity contribution is 6.15. The lowest BCUT2D eigenvalue weighted by atomic mass is 10.1. The average molecular weight is 393 g/mol. The minimum absolute atomic E-state index is 0.0543. The normalized spacial score (nSPS) is 17.9. The van der Waals surface area contributed by atoms with E-state index in [0.29, 0.717) is 41.3 Å². The molecular formula is C18H19N9O2. The van der Waals surface area contributed by atoms with E-state index in [2.05, 4.69) is 36.0 Å². The van der Waals surface area contributed by atoms with Crippen LogP contribution in [0, 0.1) is 0 Å². The molecule has 29 heavy (non-hydrogen) atoms. The Labute approximate surface area is 165 Å². The first-order valence-electron chi connectivity index (χ1n) is 9.34. The molecule has 0 spiro atoms. The fourth-order valence-corrected chi connectivity index (χ4v) is 3.11. The number of anilines is 2. The summed E-state index contributed by atoms with van der Waals surface area (Å²) in [5.74, 6) is 1.17. The Morgan fingerprint density at radius 1 is 1.31 bits per heavy atom. The van der Waals surface area contributed by atoms with E-state index in [9.17, 15) is 9.59 Å². The molecule has 2 fully saturated rings. The highest BCUT2D eigenvalue weighted by Gasteiger charge is 2.26. The number of nitrogens with zero attached hydrogens (tertiary/aromatic N) is 6. The highest BCUT2D eigenvalue weighted by atomic mass is 16.2. The Balaban J connectivity index is 1.51. The Kier molecular flexibility index (Phi) is 4.00. The van der Waals surface area contributed by atoms with Crippen LogP contribution in [0.3, 0.4) is 0 Å². The molecule has 1 saturated heterocycles. The van der Waals surface area contributed by atoms with Crippen LogP contribution in [-0.2, 0) is 23.2 Å². The molecule has 0 atom stereocenters. The van der Waals surface area contributed by atoms with Gasteiger partial charge in [0.1, 0.15) is 5.82 Å². The number of aromatic nitrogens is 6. The second-order valence-electron chi connectivity index (χ2n) is 7.16. The monoisotopic (exact) mass is 393 g/mol. The number of fused-ring (bicyclic) bond motifs is 1. The van der Waals surface area contributed by atoms with E-state index in [1.807, 2.05) is 17.8 Å². The van der Waals surface area contributed by atoms with E-state index in [0.717, 1.165) is 18.7 Å². The number of carbonyl (C=O) groups excluding carboxylic acids is 2. The number of nitrogens with one attached hydrogen (secondary N) is 3. The molecule has 0 radical (unpaired) electrons. The zero-order valence-corrected chi connectivity index (χ0v) is 15.7. The molecule has 2 amide bonds. The lowest BCUT2D eigenvalue weighted by Crippen LogP contribution is -2.19. The number of rotatable bonds is 6. The zero-order valence-electron chi connectivity index (χ0n) is 15.7. The summed E-state index contributed by atoms with van der Waals surface area (Å²) < 4.78 is 3.53. The molecule has 11 nitrogen and oxygen atoms in total. The van der Waals surface area contributed by atoms with E-state index in [4.69, 9.17) is 0 Å². The van der Waals surface area contributed by atoms with Crippen molar-refractivity contribution in [3.8, 4) is 0 Å². The van der Waals surface area contributed by atoms with Gasteiger partial charge in [-0.2, -0.15) is 19.6 Å². The van der Waals surface area contributed by atoms with Gasteiger partial charge in [-0.25, -0.2) is 4.98 Å². The summed E-state index contributed by atoms with van der Waals surface area (Å²) in [5, 5.41) is 13.2. The summed E-state index contributed by atoms with van der Waals surface area (Å²) in [4.78, 5) is 36.8. The second kappa shape index (κ2) is 6.69. The molecule has 3 aromatic rings. The van der Waals surface area contributed by atoms with Crippen molar-refractivity contribution < 1.29 is 9.59 Å². The van der Waals surface area contributed by atoms with Gasteiger partial charge in [0, 0.05) is 36.6 Å². The molecule has 0 bridgehead atoms. The predicted octanol–water partition coefficient (Wildman–Crippen LogP) is 0.474. The van der Waals surface area contributed by atoms with Crippen LogP contribution >= 0.6 is 0 Å². The van der Waals surface area contributed by atoms with E-state index in [1.54, 1.807) is 23.0 Å². The summed E-state index contributed by atoms with van der Waals surface area (Å²) in [6.07, 6.45) is 9.10. The van der Waals surface area contributed by atoms with Crippen LogP contribution in [0.1, 0.15) is 30.7 Å². The Hall–Kier alpha value is -3.76. The number of imide groups is 1. The van der Waals surface area contributed by atoms with Crippen LogP contribution in [0.25, 0.3) is 11.7 Å². The third kappa shape index (κ3) is 3.42. The van der Waals surface area contributed by atoms with Gasteiger partial charge >= 0.3 is 0 Å². The maximum atomic E-state index is 11.9. The smallest absolute Gasteiger partial charge is 0.254 e. The van der Waals surface area contributed by atoms with E-state index < -0.39 is 0 Å². The second-order valence-corrected chi connectivity index (χ2v) is 7.16. The number of hydrogen-bond acceptors (Lipinski definition) is 8. The molecule has 3 aromatic heterocycles. The molecule has 5 rings (SSSR count). The van der Waals surface area contributed by atoms with Gasteiger partial charge in [0.2, 0.25) is 17.8 Å². The third-order valence-corrected chi connectivity index (χ3v) is 4.86. The van der Waals surface area contributed by atoms with Gasteiger partial charge in [-0.3, -0.25) is 14.9 Å². The van der Waals surface area contributed by atoms with E-state index >= 15 is 0 Å². The van der Waals surface area contributed by atoms with Crippen LogP contribution in [0.4, 0.5) is 11.9 Å². The van der Waals surface area contributed by atoms with Gasteiger partial charge in [-0.05, 0) is 18.9 Å². The van der Waals surface area contributed by atoms with Crippen molar-refractivity contribution in [1.29, 1.82) is 0 Å². The molecule has 0 aromatic carbocycles. The van der Waals surface area contributed by atoms with Crippen LogP contribution in [0.15, 0.2) is 24.2 Å². The lowest BCUT2D eigenvalue weighted by molar-refractivity contribution is -0.124. The third-order valence-electron chi connectivity index (χ3n) is 4.86. The first-order chi connectivity index (χ1) is 14.1. The molecule has 0 unspecified atom stereocenters. The largest absolute Gasteiger partial charge is 0.351 e. The van der Waals surface area contributed by atoms with Crippen molar-refractivity contribution in [3.05, 3.63) is 35.6 Å². The molecule has 1 saturated carbocycles. The highest BCUT2D eigenvalue weighted by Crippen LogP contribution is 2.26. The van der Waals surface area contributed by atoms with E-state index in [1.165, 1.54) is 0 Å². The maximum Gasteiger partial charge on any atom is 0.254 e. The first-order valence-corrected chi connectivity index (χ1v) is 9.34. The summed E-state index contributed by atoms with van der Waals surface area (Å²) in [5.41, 5.74) is 1.58. The topological polar surface area (TPSA) is 131 Å². The fraction of sp³-hybridized carbons (Fsp3) is 0.333. The van der Waals surface area contributed by atoms with Gasteiger partial charge < -0.3 is 15.2 Å². The molecule has 11 heteroatoms. The summed E-state index contributed by atoms with van der Waals surface area (Å²) >= 11 is 0. The summed E-state index contributed by atoms with van der Waals surface area (Å²) in [6.45, 7) is 0.462. The van der Waals surface area contributed by atoms with Crippen LogP contribution in [0.2, 0.25) is 0 Å². The summed E-state index contributed by atoms with van der Waals surface area (Å²) in [7, 11) is 1.92. The number of imidazole rings is 1. The predicted molar refractivity (Wildman–Crippen MR) is 104 cm³/mol. The van der Waals surface area contributed by atoms with Crippen LogP contribution in [0.5, 0.6) is 0 Å². The van der Waals surface area contributed by atoms with Crippen molar-refractivity contribution in [2.45, 2.75) is 31.8 Å². The van der Waals surface area contributed by atoms with E-state index in [-0.39, 0.29) is 18.2 Å². The number of hydrogen-bond donors (Lipinski definition) is 3. The van der Waals surface area contributed by atoms with Gasteiger partial charge in [0.05, 0.1) is 19.2 Å². The lowest BCUT2D eigenvalue weighted by Gasteiger charge is -2.10. The minimum atomic E-state index is -0.382. The quantitative estimate of drug-likeness (QED) is 0.407. The van der Waals surface area contributed by atoms with Crippen molar-refractivity contribution in [2.75, 3.05) is 10.6 Å². The number of amides is 2. The number of carbonyl (C=O) groups is 2. The van der Waals surface area contributed by atoms with Gasteiger partial charge in [0.15, 0.2) is 5.65 Å². The van der Waals surface area contributed by atoms with Crippen molar-refractivity contribution >= 4 is 35.4 Å². The fourth-order valence-electron chi connectivity index (χ4n) is 3.11. The molecule has 1 aliphatic carbocycles. The summed E-state index contributed by atoms with van der Waals surface area (Å²) in [6, 6.07) is 0.375. The van der Waals surface area contributed by atoms with Gasteiger partial charge in [-0.1, -0.05) is 0 Å². The molecular weight excluding hydrogens is 374 g/mol. The Morgan fingerprint density at radius 3 is 2.86 bits per heavy atom. The molecule has 2 aliphatic rings. The van der Waals surface area contributed by atoms with Crippen molar-refractivity contribution in [2.24, 2.45) is 7.05 Å². The van der Waals surface area contributed by atoms with Crippen LogP contribution in [-0.4, -0.2) is 47.0 Å².